The Morgan fingerprint density at radius 2 is 1.35 bits per heavy atom. The highest BCUT2D eigenvalue weighted by Gasteiger charge is 2.67. The highest BCUT2D eigenvalue weighted by atomic mass is 16.1. The van der Waals surface area contributed by atoms with E-state index in [1.807, 2.05) is 11.1 Å². The SMILES string of the molecule is CC1(C)C(=O)CC[C@]2(C)C3=C(CC[C@@H]12)[C@@]1(C)CC[C@@]2(C)[C@@H](CCCC2(C)C)[C@]1(C)CC3. The topological polar surface area (TPSA) is 17.1 Å². The van der Waals surface area contributed by atoms with Crippen molar-refractivity contribution in [3.63, 3.8) is 0 Å². The third-order valence-corrected chi connectivity index (χ3v) is 13.3. The number of carbonyl (C=O) groups excluding carboxylic acids is 1. The van der Waals surface area contributed by atoms with Crippen LogP contribution >= 0.6 is 0 Å². The van der Waals surface area contributed by atoms with Gasteiger partial charge in [-0.3, -0.25) is 4.79 Å². The molecule has 31 heavy (non-hydrogen) atoms. The van der Waals surface area contributed by atoms with E-state index in [1.54, 1.807) is 0 Å². The fourth-order valence-corrected chi connectivity index (χ4v) is 10.6. The Balaban J connectivity index is 1.61. The predicted octanol–water partition coefficient (Wildman–Crippen LogP) is 8.52. The minimum Gasteiger partial charge on any atom is -0.299 e. The van der Waals surface area contributed by atoms with Crippen molar-refractivity contribution in [3.05, 3.63) is 11.1 Å². The van der Waals surface area contributed by atoms with Gasteiger partial charge in [0.15, 0.2) is 0 Å². The molecule has 0 aromatic heterocycles. The van der Waals surface area contributed by atoms with Crippen LogP contribution in [0.5, 0.6) is 0 Å². The van der Waals surface area contributed by atoms with Gasteiger partial charge in [-0.15, -0.1) is 0 Å². The van der Waals surface area contributed by atoms with Gasteiger partial charge in [0.05, 0.1) is 0 Å². The van der Waals surface area contributed by atoms with Crippen LogP contribution in [0, 0.1) is 44.3 Å². The van der Waals surface area contributed by atoms with Crippen LogP contribution in [0.15, 0.2) is 11.1 Å². The van der Waals surface area contributed by atoms with E-state index in [1.165, 1.54) is 57.8 Å². The lowest BCUT2D eigenvalue weighted by molar-refractivity contribution is -0.178. The number of ketones is 1. The lowest BCUT2D eigenvalue weighted by Gasteiger charge is -2.71. The van der Waals surface area contributed by atoms with Gasteiger partial charge in [-0.2, -0.15) is 0 Å². The molecule has 5 aliphatic carbocycles. The number of fused-ring (bicyclic) bond motifs is 6. The zero-order valence-corrected chi connectivity index (χ0v) is 21.8. The maximum atomic E-state index is 12.9. The number of Topliss-reactive ketones (excluding diaryl/α,β-unsaturated/α-hetero) is 1. The first kappa shape index (κ1) is 22.2. The van der Waals surface area contributed by atoms with Gasteiger partial charge >= 0.3 is 0 Å². The molecule has 0 aromatic carbocycles. The maximum absolute atomic E-state index is 12.9. The summed E-state index contributed by atoms with van der Waals surface area (Å²) < 4.78 is 0. The van der Waals surface area contributed by atoms with E-state index >= 15 is 0 Å². The summed E-state index contributed by atoms with van der Waals surface area (Å²) in [5.41, 5.74) is 5.54. The molecule has 0 aromatic rings. The molecule has 3 fully saturated rings. The van der Waals surface area contributed by atoms with Gasteiger partial charge in [0, 0.05) is 11.8 Å². The molecule has 5 aliphatic rings. The molecule has 0 aliphatic heterocycles. The zero-order chi connectivity index (χ0) is 22.7. The Labute approximate surface area is 192 Å². The molecule has 0 saturated heterocycles. The number of hydrogen-bond donors (Lipinski definition) is 0. The summed E-state index contributed by atoms with van der Waals surface area (Å²) >= 11 is 0. The Morgan fingerprint density at radius 1 is 0.645 bits per heavy atom. The number of allylic oxidation sites excluding steroid dienone is 2. The molecule has 0 bridgehead atoms. The van der Waals surface area contributed by atoms with E-state index in [-0.39, 0.29) is 10.8 Å². The van der Waals surface area contributed by atoms with Gasteiger partial charge in [-0.1, -0.05) is 73.0 Å². The molecule has 0 radical (unpaired) electrons. The second-order valence-electron chi connectivity index (χ2n) is 14.6. The molecule has 0 spiro atoms. The van der Waals surface area contributed by atoms with Crippen LogP contribution in [-0.4, -0.2) is 5.78 Å². The average molecular weight is 425 g/mol. The molecule has 1 nitrogen and oxygen atoms in total. The van der Waals surface area contributed by atoms with E-state index in [0.717, 1.165) is 18.8 Å². The van der Waals surface area contributed by atoms with Crippen LogP contribution in [0.4, 0.5) is 0 Å². The van der Waals surface area contributed by atoms with Crippen molar-refractivity contribution >= 4 is 5.78 Å². The van der Waals surface area contributed by atoms with E-state index < -0.39 is 0 Å². The predicted molar refractivity (Wildman–Crippen MR) is 130 cm³/mol. The molecule has 0 N–H and O–H groups in total. The largest absolute Gasteiger partial charge is 0.299 e. The Bertz CT molecular complexity index is 844. The molecule has 3 saturated carbocycles. The molecule has 0 heterocycles. The van der Waals surface area contributed by atoms with Gasteiger partial charge in [0.2, 0.25) is 0 Å². The van der Waals surface area contributed by atoms with Crippen molar-refractivity contribution in [1.29, 1.82) is 0 Å². The summed E-state index contributed by atoms with van der Waals surface area (Å²) in [6.45, 7) is 20.3. The summed E-state index contributed by atoms with van der Waals surface area (Å²) in [6, 6.07) is 0. The van der Waals surface area contributed by atoms with Crippen molar-refractivity contribution in [2.24, 2.45) is 44.3 Å². The number of rotatable bonds is 0. The lowest BCUT2D eigenvalue weighted by Crippen LogP contribution is -2.62. The highest BCUT2D eigenvalue weighted by Crippen LogP contribution is 2.76. The number of carbonyl (C=O) groups is 1. The first-order valence-electron chi connectivity index (χ1n) is 13.5. The van der Waals surface area contributed by atoms with E-state index in [0.29, 0.717) is 33.4 Å². The molecular weight excluding hydrogens is 376 g/mol. The van der Waals surface area contributed by atoms with Crippen LogP contribution in [0.25, 0.3) is 0 Å². The van der Waals surface area contributed by atoms with Crippen LogP contribution < -0.4 is 0 Å². The van der Waals surface area contributed by atoms with E-state index in [9.17, 15) is 4.79 Å². The fourth-order valence-electron chi connectivity index (χ4n) is 10.6. The summed E-state index contributed by atoms with van der Waals surface area (Å²) in [5.74, 6) is 1.91. The van der Waals surface area contributed by atoms with Gasteiger partial charge < -0.3 is 0 Å². The third-order valence-electron chi connectivity index (χ3n) is 13.3. The van der Waals surface area contributed by atoms with Crippen molar-refractivity contribution in [1.82, 2.24) is 0 Å². The normalized spacial score (nSPS) is 50.8. The molecule has 1 heteroatoms. The van der Waals surface area contributed by atoms with E-state index in [2.05, 4.69) is 55.4 Å². The first-order valence-corrected chi connectivity index (χ1v) is 13.5. The molecule has 0 unspecified atom stereocenters. The summed E-state index contributed by atoms with van der Waals surface area (Å²) in [6.07, 6.45) is 14.1. The third kappa shape index (κ3) is 2.48. The Hall–Kier alpha value is -0.590. The minimum absolute atomic E-state index is 0.147. The quantitative estimate of drug-likeness (QED) is 0.356. The van der Waals surface area contributed by atoms with Crippen LogP contribution in [0.1, 0.15) is 126 Å². The van der Waals surface area contributed by atoms with Crippen molar-refractivity contribution in [2.75, 3.05) is 0 Å². The van der Waals surface area contributed by atoms with Crippen LogP contribution in [-0.2, 0) is 4.79 Å². The second-order valence-corrected chi connectivity index (χ2v) is 14.6. The van der Waals surface area contributed by atoms with Gasteiger partial charge in [-0.25, -0.2) is 0 Å². The summed E-state index contributed by atoms with van der Waals surface area (Å²) in [4.78, 5) is 12.9. The highest BCUT2D eigenvalue weighted by molar-refractivity contribution is 5.85. The molecule has 174 valence electrons. The maximum Gasteiger partial charge on any atom is 0.138 e. The molecule has 0 amide bonds. The summed E-state index contributed by atoms with van der Waals surface area (Å²) in [7, 11) is 0. The smallest absolute Gasteiger partial charge is 0.138 e. The second kappa shape index (κ2) is 6.29. The average Bonchev–Trinajstić information content (AvgIpc) is 2.68. The van der Waals surface area contributed by atoms with Crippen molar-refractivity contribution in [3.8, 4) is 0 Å². The standard InChI is InChI=1S/C30H48O/c1-25(2)15-9-10-23-29(25,7)19-18-28(6)21-11-12-22-26(3,4)24(31)14-16-27(22,5)20(21)13-17-30(23,28)8/h22-23H,9-19H2,1-8H3/t22-,23+,27+,28+,29-,30-/m0/s1. The number of hydrogen-bond acceptors (Lipinski definition) is 1. The van der Waals surface area contributed by atoms with Crippen molar-refractivity contribution < 1.29 is 4.79 Å². The first-order chi connectivity index (χ1) is 14.2. The Kier molecular flexibility index (Phi) is 4.51. The molecule has 5 rings (SSSR count). The monoisotopic (exact) mass is 424 g/mol. The zero-order valence-electron chi connectivity index (χ0n) is 21.8. The molecular formula is C30H48O. The van der Waals surface area contributed by atoms with Crippen LogP contribution in [0.2, 0.25) is 0 Å². The van der Waals surface area contributed by atoms with Gasteiger partial charge in [0.1, 0.15) is 5.78 Å². The van der Waals surface area contributed by atoms with Gasteiger partial charge in [0.25, 0.3) is 0 Å². The minimum atomic E-state index is -0.147. The molecule has 6 atom stereocenters. The summed E-state index contributed by atoms with van der Waals surface area (Å²) in [5, 5.41) is 0. The fraction of sp³-hybridized carbons (Fsp3) is 0.900. The van der Waals surface area contributed by atoms with Gasteiger partial charge in [-0.05, 0) is 96.7 Å². The Morgan fingerprint density at radius 3 is 2.06 bits per heavy atom. The van der Waals surface area contributed by atoms with Crippen molar-refractivity contribution in [2.45, 2.75) is 126 Å². The lowest BCUT2D eigenvalue weighted by atomic mass is 9.34. The van der Waals surface area contributed by atoms with E-state index in [4.69, 9.17) is 0 Å². The van der Waals surface area contributed by atoms with Crippen LogP contribution in [0.3, 0.4) is 0 Å².